The van der Waals surface area contributed by atoms with E-state index in [2.05, 4.69) is 29.8 Å². The molecule has 2 aromatic rings. The van der Waals surface area contributed by atoms with E-state index in [9.17, 15) is 4.79 Å². The number of nitrogens with zero attached hydrogens (tertiary/aromatic N) is 3. The van der Waals surface area contributed by atoms with Crippen LogP contribution in [0.5, 0.6) is 0 Å². The molecule has 29 heavy (non-hydrogen) atoms. The molecule has 0 saturated carbocycles. The third kappa shape index (κ3) is 4.16. The second-order valence-electron chi connectivity index (χ2n) is 8.33. The standard InChI is InChI=1S/C23H27Cl2N3O/c1-15-16(2)22(13-27-8-6-17(14-29)7-9-27)26-10-19(15)18-11-28(12-18)23-20(24)4-3-5-21(23)25/h3-5,10,14,17-18H,6-9,11-13H2,1-2H3. The van der Waals surface area contributed by atoms with Gasteiger partial charge in [0.15, 0.2) is 0 Å². The van der Waals surface area contributed by atoms with Crippen molar-refractivity contribution in [2.45, 2.75) is 39.2 Å². The van der Waals surface area contributed by atoms with Crippen LogP contribution in [-0.2, 0) is 11.3 Å². The maximum atomic E-state index is 11.0. The lowest BCUT2D eigenvalue weighted by atomic mass is 9.87. The number of halogens is 2. The molecule has 2 saturated heterocycles. The largest absolute Gasteiger partial charge is 0.368 e. The van der Waals surface area contributed by atoms with E-state index < -0.39 is 0 Å². The van der Waals surface area contributed by atoms with Crippen LogP contribution in [0.15, 0.2) is 24.4 Å². The normalized spacial score (nSPS) is 18.7. The fourth-order valence-electron chi connectivity index (χ4n) is 4.45. The number of piperidine rings is 1. The van der Waals surface area contributed by atoms with E-state index in [-0.39, 0.29) is 5.92 Å². The number of anilines is 1. The third-order valence-corrected chi connectivity index (χ3v) is 7.17. The fraction of sp³-hybridized carbons (Fsp3) is 0.478. The number of carbonyl (C=O) groups is 1. The summed E-state index contributed by atoms with van der Waals surface area (Å²) in [5.74, 6) is 0.684. The van der Waals surface area contributed by atoms with Gasteiger partial charge in [0, 0.05) is 37.7 Å². The number of carbonyl (C=O) groups excluding carboxylic acids is 1. The van der Waals surface area contributed by atoms with Crippen LogP contribution >= 0.6 is 23.2 Å². The zero-order chi connectivity index (χ0) is 20.5. The van der Waals surface area contributed by atoms with E-state index in [1.807, 2.05) is 18.2 Å². The van der Waals surface area contributed by atoms with Gasteiger partial charge in [-0.1, -0.05) is 29.3 Å². The molecule has 2 aliphatic rings. The maximum Gasteiger partial charge on any atom is 0.123 e. The van der Waals surface area contributed by atoms with Gasteiger partial charge in [0.05, 0.1) is 21.4 Å². The van der Waals surface area contributed by atoms with Crippen molar-refractivity contribution in [3.8, 4) is 0 Å². The van der Waals surface area contributed by atoms with E-state index in [4.69, 9.17) is 28.2 Å². The zero-order valence-electron chi connectivity index (χ0n) is 17.0. The van der Waals surface area contributed by atoms with Crippen molar-refractivity contribution in [2.24, 2.45) is 5.92 Å². The first-order valence-electron chi connectivity index (χ1n) is 10.3. The van der Waals surface area contributed by atoms with Gasteiger partial charge in [0.2, 0.25) is 0 Å². The van der Waals surface area contributed by atoms with E-state index in [0.717, 1.165) is 63.2 Å². The first kappa shape index (κ1) is 20.6. The van der Waals surface area contributed by atoms with Crippen LogP contribution in [0.4, 0.5) is 5.69 Å². The molecule has 0 aliphatic carbocycles. The van der Waals surface area contributed by atoms with E-state index in [1.54, 1.807) is 0 Å². The van der Waals surface area contributed by atoms with Gasteiger partial charge in [-0.2, -0.15) is 0 Å². The van der Waals surface area contributed by atoms with Gasteiger partial charge in [0.1, 0.15) is 6.29 Å². The molecule has 4 nitrogen and oxygen atoms in total. The summed E-state index contributed by atoms with van der Waals surface area (Å²) in [7, 11) is 0. The van der Waals surface area contributed by atoms with Gasteiger partial charge in [-0.25, -0.2) is 0 Å². The van der Waals surface area contributed by atoms with E-state index in [0.29, 0.717) is 16.0 Å². The van der Waals surface area contributed by atoms with Crippen LogP contribution in [0, 0.1) is 19.8 Å². The Hall–Kier alpha value is -1.62. The molecular weight excluding hydrogens is 405 g/mol. The molecule has 0 unspecified atom stereocenters. The van der Waals surface area contributed by atoms with Gasteiger partial charge in [-0.15, -0.1) is 0 Å². The van der Waals surface area contributed by atoms with E-state index in [1.165, 1.54) is 16.7 Å². The molecule has 0 spiro atoms. The van der Waals surface area contributed by atoms with Crippen LogP contribution in [0.25, 0.3) is 0 Å². The second-order valence-corrected chi connectivity index (χ2v) is 9.15. The van der Waals surface area contributed by atoms with Crippen molar-refractivity contribution in [1.29, 1.82) is 0 Å². The Morgan fingerprint density at radius 3 is 2.38 bits per heavy atom. The Bertz CT molecular complexity index is 883. The summed E-state index contributed by atoms with van der Waals surface area (Å²) >= 11 is 12.7. The fourth-order valence-corrected chi connectivity index (χ4v) is 5.09. The summed E-state index contributed by atoms with van der Waals surface area (Å²) in [5, 5.41) is 1.41. The quantitative estimate of drug-likeness (QED) is 0.622. The summed E-state index contributed by atoms with van der Waals surface area (Å²) in [6, 6.07) is 5.66. The highest BCUT2D eigenvalue weighted by molar-refractivity contribution is 6.39. The van der Waals surface area contributed by atoms with Crippen LogP contribution in [-0.4, -0.2) is 42.3 Å². The molecule has 0 N–H and O–H groups in total. The minimum Gasteiger partial charge on any atom is -0.368 e. The summed E-state index contributed by atoms with van der Waals surface area (Å²) < 4.78 is 0. The van der Waals surface area contributed by atoms with Gasteiger partial charge >= 0.3 is 0 Å². The minimum absolute atomic E-state index is 0.234. The highest BCUT2D eigenvalue weighted by atomic mass is 35.5. The predicted octanol–water partition coefficient (Wildman–Crippen LogP) is 5.02. The minimum atomic E-state index is 0.234. The molecule has 3 heterocycles. The molecule has 1 aromatic heterocycles. The first-order chi connectivity index (χ1) is 14.0. The molecule has 2 aliphatic heterocycles. The topological polar surface area (TPSA) is 36.4 Å². The molecule has 0 bridgehead atoms. The van der Waals surface area contributed by atoms with Crippen molar-refractivity contribution in [3.05, 3.63) is 56.8 Å². The van der Waals surface area contributed by atoms with Crippen molar-refractivity contribution < 1.29 is 4.79 Å². The van der Waals surface area contributed by atoms with Crippen molar-refractivity contribution in [1.82, 2.24) is 9.88 Å². The number of likely N-dealkylation sites (tertiary alicyclic amines) is 1. The number of pyridine rings is 1. The Morgan fingerprint density at radius 2 is 1.76 bits per heavy atom. The van der Waals surface area contributed by atoms with Crippen molar-refractivity contribution in [2.75, 3.05) is 31.1 Å². The second kappa shape index (κ2) is 8.63. The number of hydrogen-bond donors (Lipinski definition) is 0. The summed E-state index contributed by atoms with van der Waals surface area (Å²) in [6.07, 6.45) is 5.09. The average Bonchev–Trinajstić information content (AvgIpc) is 2.68. The molecule has 0 atom stereocenters. The summed E-state index contributed by atoms with van der Waals surface area (Å²) in [6.45, 7) is 9.02. The molecule has 4 rings (SSSR count). The van der Waals surface area contributed by atoms with Crippen LogP contribution in [0.3, 0.4) is 0 Å². The van der Waals surface area contributed by atoms with Crippen LogP contribution in [0.1, 0.15) is 41.1 Å². The third-order valence-electron chi connectivity index (χ3n) is 6.56. The average molecular weight is 432 g/mol. The summed E-state index contributed by atoms with van der Waals surface area (Å²) in [5.41, 5.74) is 6.04. The molecule has 0 radical (unpaired) electrons. The Kier molecular flexibility index (Phi) is 6.14. The predicted molar refractivity (Wildman–Crippen MR) is 119 cm³/mol. The number of para-hydroxylation sites is 1. The Balaban J connectivity index is 1.43. The molecular formula is C23H27Cl2N3O. The first-order valence-corrected chi connectivity index (χ1v) is 11.0. The molecule has 6 heteroatoms. The summed E-state index contributed by atoms with van der Waals surface area (Å²) in [4.78, 5) is 20.4. The number of rotatable bonds is 5. The van der Waals surface area contributed by atoms with Gasteiger partial charge in [-0.3, -0.25) is 9.88 Å². The van der Waals surface area contributed by atoms with Gasteiger partial charge in [-0.05, 0) is 68.6 Å². The number of benzene rings is 1. The van der Waals surface area contributed by atoms with Gasteiger partial charge < -0.3 is 9.69 Å². The Morgan fingerprint density at radius 1 is 1.10 bits per heavy atom. The van der Waals surface area contributed by atoms with Crippen LogP contribution in [0.2, 0.25) is 10.0 Å². The number of hydrogen-bond acceptors (Lipinski definition) is 4. The molecule has 154 valence electrons. The lowest BCUT2D eigenvalue weighted by Crippen LogP contribution is -2.45. The molecule has 1 aromatic carbocycles. The SMILES string of the molecule is Cc1c(C2CN(c3c(Cl)cccc3Cl)C2)cnc(CN2CCC(C=O)CC2)c1C. The molecule has 2 fully saturated rings. The van der Waals surface area contributed by atoms with Crippen molar-refractivity contribution >= 4 is 35.2 Å². The monoisotopic (exact) mass is 431 g/mol. The molecule has 0 amide bonds. The Labute approximate surface area is 182 Å². The lowest BCUT2D eigenvalue weighted by Gasteiger charge is -2.42. The highest BCUT2D eigenvalue weighted by Crippen LogP contribution is 2.41. The maximum absolute atomic E-state index is 11.0. The lowest BCUT2D eigenvalue weighted by molar-refractivity contribution is -0.112. The highest BCUT2D eigenvalue weighted by Gasteiger charge is 2.32. The van der Waals surface area contributed by atoms with E-state index >= 15 is 0 Å². The number of aromatic nitrogens is 1. The smallest absolute Gasteiger partial charge is 0.123 e. The van der Waals surface area contributed by atoms with Gasteiger partial charge in [0.25, 0.3) is 0 Å². The zero-order valence-corrected chi connectivity index (χ0v) is 18.5. The number of aldehydes is 1. The van der Waals surface area contributed by atoms with Crippen molar-refractivity contribution in [3.63, 3.8) is 0 Å². The van der Waals surface area contributed by atoms with Crippen LogP contribution < -0.4 is 4.90 Å².